The van der Waals surface area contributed by atoms with E-state index in [2.05, 4.69) is 4.98 Å². The molecule has 2 aromatic carbocycles. The predicted octanol–water partition coefficient (Wildman–Crippen LogP) is 2.28. The Hall–Kier alpha value is -2.64. The second-order valence-corrected chi connectivity index (χ2v) is 8.20. The molecule has 7 heteroatoms. The van der Waals surface area contributed by atoms with Gasteiger partial charge in [0.25, 0.3) is 0 Å². The number of hydrogen-bond donors (Lipinski definition) is 1. The van der Waals surface area contributed by atoms with Gasteiger partial charge in [0, 0.05) is 24.7 Å². The molecule has 3 aromatic rings. The van der Waals surface area contributed by atoms with E-state index in [1.54, 1.807) is 25.3 Å². The second-order valence-electron chi connectivity index (χ2n) is 6.26. The number of methoxy groups -OCH3 is 1. The van der Waals surface area contributed by atoms with Gasteiger partial charge in [-0.1, -0.05) is 12.1 Å². The fourth-order valence-corrected chi connectivity index (χ4v) is 4.84. The standard InChI is InChI=1S/C19H18N2O4S/c1-25-18-4-2-3-14-12-21(10-9-16(14)18)26(23,24)15-6-7-17-13(11-15)5-8-19(22)20-17/h2-8,11H,9-10,12H2,1H3,(H,20,22). The lowest BCUT2D eigenvalue weighted by atomic mass is 10.0. The molecule has 0 bridgehead atoms. The Morgan fingerprint density at radius 3 is 2.77 bits per heavy atom. The Balaban J connectivity index is 1.71. The van der Waals surface area contributed by atoms with Crippen LogP contribution in [0.3, 0.4) is 0 Å². The van der Waals surface area contributed by atoms with Gasteiger partial charge in [0.1, 0.15) is 5.75 Å². The highest BCUT2D eigenvalue weighted by molar-refractivity contribution is 7.89. The number of nitrogens with zero attached hydrogens (tertiary/aromatic N) is 1. The third-order valence-corrected chi connectivity index (χ3v) is 6.58. The summed E-state index contributed by atoms with van der Waals surface area (Å²) in [4.78, 5) is 14.3. The summed E-state index contributed by atoms with van der Waals surface area (Å²) >= 11 is 0. The number of aromatic amines is 1. The number of aromatic nitrogens is 1. The van der Waals surface area contributed by atoms with Crippen LogP contribution < -0.4 is 10.3 Å². The predicted molar refractivity (Wildman–Crippen MR) is 98.9 cm³/mol. The maximum absolute atomic E-state index is 13.1. The summed E-state index contributed by atoms with van der Waals surface area (Å²) in [6.07, 6.45) is 0.611. The number of hydrogen-bond acceptors (Lipinski definition) is 4. The fraction of sp³-hybridized carbons (Fsp3) is 0.211. The molecule has 1 aliphatic heterocycles. The van der Waals surface area contributed by atoms with Crippen LogP contribution in [-0.4, -0.2) is 31.4 Å². The van der Waals surface area contributed by atoms with Gasteiger partial charge in [-0.25, -0.2) is 8.42 Å². The highest BCUT2D eigenvalue weighted by Gasteiger charge is 2.29. The normalized spacial score (nSPS) is 15.0. The molecule has 2 heterocycles. The van der Waals surface area contributed by atoms with Crippen LogP contribution >= 0.6 is 0 Å². The van der Waals surface area contributed by atoms with Crippen LogP contribution in [0.5, 0.6) is 5.75 Å². The SMILES string of the molecule is COc1cccc2c1CCN(S(=O)(=O)c1ccc3[nH]c(=O)ccc3c1)C2. The lowest BCUT2D eigenvalue weighted by Gasteiger charge is -2.29. The molecule has 0 unspecified atom stereocenters. The molecule has 134 valence electrons. The Bertz CT molecular complexity index is 1150. The molecule has 0 fully saturated rings. The topological polar surface area (TPSA) is 79.5 Å². The van der Waals surface area contributed by atoms with Crippen molar-refractivity contribution in [2.45, 2.75) is 17.9 Å². The Kier molecular flexibility index (Phi) is 4.05. The summed E-state index contributed by atoms with van der Waals surface area (Å²) in [5.41, 5.74) is 2.43. The van der Waals surface area contributed by atoms with Gasteiger partial charge in [0.2, 0.25) is 15.6 Å². The number of rotatable bonds is 3. The zero-order valence-corrected chi connectivity index (χ0v) is 15.0. The van der Waals surface area contributed by atoms with Crippen molar-refractivity contribution in [3.8, 4) is 5.75 Å². The molecule has 26 heavy (non-hydrogen) atoms. The van der Waals surface area contributed by atoms with Crippen LogP contribution in [0.15, 0.2) is 58.2 Å². The fourth-order valence-electron chi connectivity index (χ4n) is 3.39. The van der Waals surface area contributed by atoms with E-state index in [4.69, 9.17) is 4.74 Å². The molecule has 0 aliphatic carbocycles. The zero-order valence-electron chi connectivity index (χ0n) is 14.2. The van der Waals surface area contributed by atoms with Crippen molar-refractivity contribution in [3.63, 3.8) is 0 Å². The minimum absolute atomic E-state index is 0.213. The van der Waals surface area contributed by atoms with Crippen LogP contribution in [0.4, 0.5) is 0 Å². The quantitative estimate of drug-likeness (QED) is 0.767. The van der Waals surface area contributed by atoms with Crippen LogP contribution in [0, 0.1) is 0 Å². The summed E-state index contributed by atoms with van der Waals surface area (Å²) in [7, 11) is -2.00. The Morgan fingerprint density at radius 2 is 1.96 bits per heavy atom. The van der Waals surface area contributed by atoms with Gasteiger partial charge in [-0.15, -0.1) is 0 Å². The van der Waals surface area contributed by atoms with E-state index in [0.29, 0.717) is 30.4 Å². The zero-order chi connectivity index (χ0) is 18.3. The Labute approximate surface area is 151 Å². The lowest BCUT2D eigenvalue weighted by molar-refractivity contribution is 0.371. The minimum Gasteiger partial charge on any atom is -0.496 e. The molecular formula is C19H18N2O4S. The molecule has 1 aliphatic rings. The van der Waals surface area contributed by atoms with Gasteiger partial charge in [0.05, 0.1) is 12.0 Å². The van der Waals surface area contributed by atoms with Crippen molar-refractivity contribution >= 4 is 20.9 Å². The van der Waals surface area contributed by atoms with Gasteiger partial charge < -0.3 is 9.72 Å². The van der Waals surface area contributed by atoms with E-state index in [9.17, 15) is 13.2 Å². The van der Waals surface area contributed by atoms with Crippen molar-refractivity contribution in [1.82, 2.24) is 9.29 Å². The van der Waals surface area contributed by atoms with Crippen LogP contribution in [-0.2, 0) is 23.0 Å². The highest BCUT2D eigenvalue weighted by Crippen LogP contribution is 2.31. The minimum atomic E-state index is -3.63. The van der Waals surface area contributed by atoms with E-state index in [0.717, 1.165) is 16.9 Å². The van der Waals surface area contributed by atoms with E-state index in [-0.39, 0.29) is 10.5 Å². The first kappa shape index (κ1) is 16.8. The summed E-state index contributed by atoms with van der Waals surface area (Å²) in [6, 6.07) is 13.5. The molecular weight excluding hydrogens is 352 g/mol. The van der Waals surface area contributed by atoms with E-state index in [1.807, 2.05) is 18.2 Å². The van der Waals surface area contributed by atoms with Crippen molar-refractivity contribution in [3.05, 3.63) is 70.0 Å². The first-order valence-electron chi connectivity index (χ1n) is 8.27. The van der Waals surface area contributed by atoms with Gasteiger partial charge in [-0.05, 0) is 53.3 Å². The number of fused-ring (bicyclic) bond motifs is 2. The number of sulfonamides is 1. The van der Waals surface area contributed by atoms with Gasteiger partial charge in [0.15, 0.2) is 0 Å². The summed E-state index contributed by atoms with van der Waals surface area (Å²) in [5.74, 6) is 0.800. The molecule has 0 amide bonds. The van der Waals surface area contributed by atoms with Crippen LogP contribution in [0.25, 0.3) is 10.9 Å². The number of H-pyrrole nitrogens is 1. The Morgan fingerprint density at radius 1 is 1.12 bits per heavy atom. The van der Waals surface area contributed by atoms with Crippen LogP contribution in [0.2, 0.25) is 0 Å². The number of ether oxygens (including phenoxy) is 1. The molecule has 6 nitrogen and oxygen atoms in total. The average Bonchev–Trinajstić information content (AvgIpc) is 2.66. The molecule has 0 spiro atoms. The highest BCUT2D eigenvalue weighted by atomic mass is 32.2. The van der Waals surface area contributed by atoms with E-state index in [1.165, 1.54) is 16.4 Å². The molecule has 1 N–H and O–H groups in total. The summed E-state index contributed by atoms with van der Waals surface area (Å²) < 4.78 is 33.0. The monoisotopic (exact) mass is 370 g/mol. The molecule has 0 saturated carbocycles. The van der Waals surface area contributed by atoms with Crippen LogP contribution in [0.1, 0.15) is 11.1 Å². The van der Waals surface area contributed by atoms with Gasteiger partial charge in [-0.2, -0.15) is 4.31 Å². The van der Waals surface area contributed by atoms with E-state index < -0.39 is 10.0 Å². The van der Waals surface area contributed by atoms with Crippen molar-refractivity contribution < 1.29 is 13.2 Å². The smallest absolute Gasteiger partial charge is 0.248 e. The van der Waals surface area contributed by atoms with Crippen molar-refractivity contribution in [1.29, 1.82) is 0 Å². The van der Waals surface area contributed by atoms with Gasteiger partial charge in [-0.3, -0.25) is 4.79 Å². The third-order valence-electron chi connectivity index (χ3n) is 4.74. The number of pyridine rings is 1. The lowest BCUT2D eigenvalue weighted by Crippen LogP contribution is -2.36. The molecule has 0 saturated heterocycles. The first-order chi connectivity index (χ1) is 12.5. The summed E-state index contributed by atoms with van der Waals surface area (Å²) in [6.45, 7) is 0.720. The average molecular weight is 370 g/mol. The van der Waals surface area contributed by atoms with Gasteiger partial charge >= 0.3 is 0 Å². The largest absolute Gasteiger partial charge is 0.496 e. The van der Waals surface area contributed by atoms with E-state index >= 15 is 0 Å². The molecule has 4 rings (SSSR count). The van der Waals surface area contributed by atoms with Crippen molar-refractivity contribution in [2.75, 3.05) is 13.7 Å². The second kappa shape index (κ2) is 6.26. The summed E-state index contributed by atoms with van der Waals surface area (Å²) in [5, 5.41) is 0.685. The maximum atomic E-state index is 13.1. The molecule has 0 radical (unpaired) electrons. The maximum Gasteiger partial charge on any atom is 0.248 e. The number of benzene rings is 2. The van der Waals surface area contributed by atoms with Crippen molar-refractivity contribution in [2.24, 2.45) is 0 Å². The number of nitrogens with one attached hydrogen (secondary N) is 1. The third kappa shape index (κ3) is 2.79. The molecule has 0 atom stereocenters. The molecule has 1 aromatic heterocycles. The first-order valence-corrected chi connectivity index (χ1v) is 9.71.